The maximum Gasteiger partial charge on any atom is 0.224 e. The molecule has 2 amide bonds. The zero-order valence-corrected chi connectivity index (χ0v) is 14.1. The van der Waals surface area contributed by atoms with Crippen molar-refractivity contribution in [1.82, 2.24) is 5.32 Å². The number of benzene rings is 1. The number of rotatable bonds is 3. The molecule has 4 heteroatoms. The Kier molecular flexibility index (Phi) is 3.86. The molecule has 128 valence electrons. The number of amides is 2. The van der Waals surface area contributed by atoms with E-state index < -0.39 is 0 Å². The van der Waals surface area contributed by atoms with Crippen molar-refractivity contribution in [3.8, 4) is 0 Å². The largest absolute Gasteiger partial charge is 0.369 e. The van der Waals surface area contributed by atoms with Crippen LogP contribution in [0, 0.1) is 11.8 Å². The average Bonchev–Trinajstić information content (AvgIpc) is 3.30. The normalized spacial score (nSPS) is 34.4. The Hall–Kier alpha value is -1.84. The molecule has 0 aliphatic heterocycles. The van der Waals surface area contributed by atoms with E-state index in [2.05, 4.69) is 29.6 Å². The van der Waals surface area contributed by atoms with Gasteiger partial charge in [0.2, 0.25) is 11.8 Å². The fourth-order valence-electron chi connectivity index (χ4n) is 5.10. The summed E-state index contributed by atoms with van der Waals surface area (Å²) in [7, 11) is 0. The van der Waals surface area contributed by atoms with Crippen molar-refractivity contribution in [3.63, 3.8) is 0 Å². The molecule has 4 nitrogen and oxygen atoms in total. The Morgan fingerprint density at radius 2 is 1.92 bits per heavy atom. The van der Waals surface area contributed by atoms with Crippen molar-refractivity contribution in [3.05, 3.63) is 35.4 Å². The first kappa shape index (κ1) is 15.7. The van der Waals surface area contributed by atoms with Gasteiger partial charge in [0.05, 0.1) is 5.92 Å². The first-order valence-corrected chi connectivity index (χ1v) is 9.30. The van der Waals surface area contributed by atoms with Crippen LogP contribution >= 0.6 is 0 Å². The lowest BCUT2D eigenvalue weighted by atomic mass is 9.78. The van der Waals surface area contributed by atoms with Gasteiger partial charge in [0.25, 0.3) is 0 Å². The van der Waals surface area contributed by atoms with Crippen LogP contribution in [-0.4, -0.2) is 17.9 Å². The fraction of sp³-hybridized carbons (Fsp3) is 0.600. The van der Waals surface area contributed by atoms with Crippen molar-refractivity contribution >= 4 is 11.8 Å². The van der Waals surface area contributed by atoms with Crippen LogP contribution in [0.3, 0.4) is 0 Å². The van der Waals surface area contributed by atoms with E-state index in [-0.39, 0.29) is 35.1 Å². The third kappa shape index (κ3) is 2.52. The summed E-state index contributed by atoms with van der Waals surface area (Å²) in [6.45, 7) is 0. The Bertz CT molecular complexity index is 671. The van der Waals surface area contributed by atoms with E-state index in [1.54, 1.807) is 0 Å². The SMILES string of the molecule is NC(=O)[C@@H]1CCCC[C@@H]1NC(=O)[C@H]1C[C@]12CCCc1ccccc12. The molecule has 4 atom stereocenters. The van der Waals surface area contributed by atoms with Crippen molar-refractivity contribution in [2.75, 3.05) is 0 Å². The molecule has 3 N–H and O–H groups in total. The predicted molar refractivity (Wildman–Crippen MR) is 92.2 cm³/mol. The van der Waals surface area contributed by atoms with Gasteiger partial charge in [0.15, 0.2) is 0 Å². The van der Waals surface area contributed by atoms with Crippen LogP contribution < -0.4 is 11.1 Å². The number of carbonyl (C=O) groups excluding carboxylic acids is 2. The molecule has 0 heterocycles. The molecule has 3 aliphatic rings. The molecule has 3 aliphatic carbocycles. The second-order valence-corrected chi connectivity index (χ2v) is 7.83. The predicted octanol–water partition coefficient (Wildman–Crippen LogP) is 2.44. The highest BCUT2D eigenvalue weighted by molar-refractivity contribution is 5.86. The van der Waals surface area contributed by atoms with Gasteiger partial charge in [-0.25, -0.2) is 0 Å². The van der Waals surface area contributed by atoms with E-state index in [4.69, 9.17) is 5.73 Å². The van der Waals surface area contributed by atoms with Crippen LogP contribution in [-0.2, 0) is 21.4 Å². The summed E-state index contributed by atoms with van der Waals surface area (Å²) in [4.78, 5) is 24.5. The summed E-state index contributed by atoms with van der Waals surface area (Å²) in [5.74, 6) is -0.274. The number of hydrogen-bond donors (Lipinski definition) is 2. The molecule has 0 saturated heterocycles. The molecule has 0 radical (unpaired) electrons. The van der Waals surface area contributed by atoms with E-state index in [1.807, 2.05) is 0 Å². The second kappa shape index (κ2) is 5.91. The van der Waals surface area contributed by atoms with Crippen LogP contribution in [0.1, 0.15) is 56.1 Å². The first-order valence-electron chi connectivity index (χ1n) is 9.30. The molecular weight excluding hydrogens is 300 g/mol. The van der Waals surface area contributed by atoms with Gasteiger partial charge in [-0.15, -0.1) is 0 Å². The Balaban J connectivity index is 1.49. The smallest absolute Gasteiger partial charge is 0.224 e. The molecule has 24 heavy (non-hydrogen) atoms. The minimum atomic E-state index is -0.270. The highest BCUT2D eigenvalue weighted by Gasteiger charge is 2.60. The third-order valence-electron chi connectivity index (χ3n) is 6.47. The van der Waals surface area contributed by atoms with Gasteiger partial charge in [0, 0.05) is 17.4 Å². The number of nitrogens with two attached hydrogens (primary N) is 1. The minimum absolute atomic E-state index is 0.0514. The molecule has 2 saturated carbocycles. The summed E-state index contributed by atoms with van der Waals surface area (Å²) in [5, 5.41) is 3.17. The van der Waals surface area contributed by atoms with Crippen LogP contribution in [0.4, 0.5) is 0 Å². The molecule has 2 fully saturated rings. The lowest BCUT2D eigenvalue weighted by Crippen LogP contribution is -2.48. The molecular formula is C20H26N2O2. The molecule has 0 unspecified atom stereocenters. The topological polar surface area (TPSA) is 72.2 Å². The van der Waals surface area contributed by atoms with Gasteiger partial charge in [-0.2, -0.15) is 0 Å². The van der Waals surface area contributed by atoms with Gasteiger partial charge in [0.1, 0.15) is 0 Å². The monoisotopic (exact) mass is 326 g/mol. The van der Waals surface area contributed by atoms with Gasteiger partial charge >= 0.3 is 0 Å². The number of nitrogens with one attached hydrogen (secondary N) is 1. The summed E-state index contributed by atoms with van der Waals surface area (Å²) >= 11 is 0. The molecule has 4 rings (SSSR count). The van der Waals surface area contributed by atoms with Crippen molar-refractivity contribution in [2.24, 2.45) is 17.6 Å². The molecule has 0 bridgehead atoms. The van der Waals surface area contributed by atoms with Gasteiger partial charge in [-0.05, 0) is 49.7 Å². The van der Waals surface area contributed by atoms with Gasteiger partial charge < -0.3 is 11.1 Å². The molecule has 0 aromatic heterocycles. The van der Waals surface area contributed by atoms with E-state index >= 15 is 0 Å². The maximum absolute atomic E-state index is 12.9. The van der Waals surface area contributed by atoms with Crippen LogP contribution in [0.5, 0.6) is 0 Å². The van der Waals surface area contributed by atoms with E-state index in [0.717, 1.165) is 51.4 Å². The maximum atomic E-state index is 12.9. The number of hydrogen-bond acceptors (Lipinski definition) is 2. The summed E-state index contributed by atoms with van der Waals surface area (Å²) in [6, 6.07) is 8.51. The van der Waals surface area contributed by atoms with Crippen molar-refractivity contribution in [1.29, 1.82) is 0 Å². The number of primary amides is 1. The standard InChI is InChI=1S/C20H26N2O2/c21-18(23)14-8-2-4-10-17(14)22-19(24)16-12-20(16)11-5-7-13-6-1-3-9-15(13)20/h1,3,6,9,14,16-17H,2,4-5,7-8,10-12H2,(H2,21,23)(H,22,24)/t14-,16-,17+,20+/m1/s1. The van der Waals surface area contributed by atoms with Crippen LogP contribution in [0.25, 0.3) is 0 Å². The van der Waals surface area contributed by atoms with Crippen molar-refractivity contribution < 1.29 is 9.59 Å². The molecule has 1 spiro atoms. The van der Waals surface area contributed by atoms with Crippen LogP contribution in [0.2, 0.25) is 0 Å². The summed E-state index contributed by atoms with van der Waals surface area (Å²) in [6.07, 6.45) is 8.10. The number of fused-ring (bicyclic) bond motifs is 2. The highest BCUT2D eigenvalue weighted by atomic mass is 16.2. The van der Waals surface area contributed by atoms with Crippen LogP contribution in [0.15, 0.2) is 24.3 Å². The summed E-state index contributed by atoms with van der Waals surface area (Å²) < 4.78 is 0. The van der Waals surface area contributed by atoms with Gasteiger partial charge in [-0.3, -0.25) is 9.59 Å². The zero-order chi connectivity index (χ0) is 16.7. The average molecular weight is 326 g/mol. The van der Waals surface area contributed by atoms with E-state index in [9.17, 15) is 9.59 Å². The Morgan fingerprint density at radius 1 is 1.12 bits per heavy atom. The second-order valence-electron chi connectivity index (χ2n) is 7.83. The van der Waals surface area contributed by atoms with Crippen molar-refractivity contribution in [2.45, 2.75) is 62.8 Å². The van der Waals surface area contributed by atoms with E-state index in [1.165, 1.54) is 11.1 Å². The Labute approximate surface area is 143 Å². The number of aryl methyl sites for hydroxylation is 1. The Morgan fingerprint density at radius 3 is 2.75 bits per heavy atom. The molecule has 1 aromatic rings. The molecule has 1 aromatic carbocycles. The first-order chi connectivity index (χ1) is 11.6. The van der Waals surface area contributed by atoms with E-state index in [0.29, 0.717) is 0 Å². The third-order valence-corrected chi connectivity index (χ3v) is 6.47. The minimum Gasteiger partial charge on any atom is -0.369 e. The highest BCUT2D eigenvalue weighted by Crippen LogP contribution is 2.60. The zero-order valence-electron chi connectivity index (χ0n) is 14.1. The lowest BCUT2D eigenvalue weighted by molar-refractivity contribution is -0.127. The lowest BCUT2D eigenvalue weighted by Gasteiger charge is -2.31. The number of carbonyl (C=O) groups is 2. The fourth-order valence-corrected chi connectivity index (χ4v) is 5.10. The quantitative estimate of drug-likeness (QED) is 0.895. The summed E-state index contributed by atoms with van der Waals surface area (Å²) in [5.41, 5.74) is 8.38. The van der Waals surface area contributed by atoms with Gasteiger partial charge in [-0.1, -0.05) is 37.1 Å².